The van der Waals surface area contributed by atoms with Gasteiger partial charge in [0.15, 0.2) is 17.3 Å². The summed E-state index contributed by atoms with van der Waals surface area (Å²) in [6.45, 7) is 5.03. The zero-order chi connectivity index (χ0) is 25.3. The molecule has 2 aliphatic rings. The van der Waals surface area contributed by atoms with E-state index in [0.717, 1.165) is 11.6 Å². The molecule has 1 aliphatic heterocycles. The molecule has 2 aromatic carbocycles. The minimum atomic E-state index is -1.50. The van der Waals surface area contributed by atoms with Crippen molar-refractivity contribution in [1.29, 1.82) is 0 Å². The van der Waals surface area contributed by atoms with E-state index >= 15 is 0 Å². The largest absolute Gasteiger partial charge is 0.496 e. The van der Waals surface area contributed by atoms with Gasteiger partial charge in [-0.2, -0.15) is 0 Å². The Balaban J connectivity index is 1.87. The molecule has 1 unspecified atom stereocenters. The summed E-state index contributed by atoms with van der Waals surface area (Å²) in [5.41, 5.74) is -0.468. The Morgan fingerprint density at radius 3 is 2.46 bits per heavy atom. The number of rotatable bonds is 8. The second-order valence-electron chi connectivity index (χ2n) is 8.61. The lowest BCUT2D eigenvalue weighted by Crippen LogP contribution is -2.47. The second-order valence-corrected chi connectivity index (χ2v) is 8.61. The second kappa shape index (κ2) is 9.37. The zero-order valence-corrected chi connectivity index (χ0v) is 20.0. The number of esters is 1. The molecule has 0 amide bonds. The van der Waals surface area contributed by atoms with E-state index in [1.54, 1.807) is 6.92 Å². The molecule has 1 heterocycles. The third-order valence-corrected chi connectivity index (χ3v) is 6.23. The van der Waals surface area contributed by atoms with E-state index < -0.39 is 34.7 Å². The maximum Gasteiger partial charge on any atom is 0.346 e. The summed E-state index contributed by atoms with van der Waals surface area (Å²) in [7, 11) is 1.39. The van der Waals surface area contributed by atoms with Crippen LogP contribution in [0.4, 0.5) is 0 Å². The molecule has 182 valence electrons. The quantitative estimate of drug-likeness (QED) is 0.418. The highest BCUT2D eigenvalue weighted by Gasteiger charge is 2.58. The number of fused-ring (bicyclic) bond motifs is 3. The summed E-state index contributed by atoms with van der Waals surface area (Å²) in [6.07, 6.45) is 1.84. The predicted octanol–water partition coefficient (Wildman–Crippen LogP) is 3.73. The van der Waals surface area contributed by atoms with E-state index in [1.165, 1.54) is 20.1 Å². The summed E-state index contributed by atoms with van der Waals surface area (Å²) < 4.78 is 22.9. The van der Waals surface area contributed by atoms with Gasteiger partial charge in [0.05, 0.1) is 19.3 Å². The third kappa shape index (κ3) is 3.99. The Hall–Kier alpha value is -3.94. The number of ether oxygens (including phenoxy) is 4. The van der Waals surface area contributed by atoms with Gasteiger partial charge in [0.1, 0.15) is 46.5 Å². The van der Waals surface area contributed by atoms with E-state index in [-0.39, 0.29) is 40.7 Å². The Morgan fingerprint density at radius 1 is 1.11 bits per heavy atom. The van der Waals surface area contributed by atoms with Crippen molar-refractivity contribution in [1.82, 2.24) is 0 Å². The van der Waals surface area contributed by atoms with E-state index in [1.807, 2.05) is 37.3 Å². The number of Topliss-reactive ketones (excluding diaryl/α,β-unsaturated/α-hetero) is 2. The molecule has 4 rings (SSSR count). The van der Waals surface area contributed by atoms with Gasteiger partial charge in [-0.3, -0.25) is 14.4 Å². The minimum Gasteiger partial charge on any atom is -0.496 e. The number of ketones is 3. The van der Waals surface area contributed by atoms with Crippen LogP contribution in [0.5, 0.6) is 17.2 Å². The summed E-state index contributed by atoms with van der Waals surface area (Å²) in [5, 5.41) is 0. The highest BCUT2D eigenvalue weighted by atomic mass is 16.5. The standard InChI is InChI=1S/C27H26O8/c1-5-11-33-19-13-18(32-4)22(26(31)34-14-16-9-7-6-8-10-16)24-23(19)27(3)20(35-24)12-17(29)21(15(2)28)25(27)30/h6-10,12-13,21H,5,11,14H2,1-4H3/t21?,27-/m1/s1. The fourth-order valence-corrected chi connectivity index (χ4v) is 4.43. The van der Waals surface area contributed by atoms with E-state index in [2.05, 4.69) is 0 Å². The van der Waals surface area contributed by atoms with Crippen LogP contribution in [0.2, 0.25) is 0 Å². The normalized spacial score (nSPS) is 20.3. The first-order valence-corrected chi connectivity index (χ1v) is 11.3. The molecule has 0 saturated heterocycles. The molecule has 0 aromatic heterocycles. The average molecular weight is 478 g/mol. The Morgan fingerprint density at radius 2 is 1.83 bits per heavy atom. The highest BCUT2D eigenvalue weighted by Crippen LogP contribution is 2.56. The van der Waals surface area contributed by atoms with Crippen LogP contribution < -0.4 is 14.2 Å². The highest BCUT2D eigenvalue weighted by molar-refractivity contribution is 6.27. The average Bonchev–Trinajstić information content (AvgIpc) is 3.14. The lowest BCUT2D eigenvalue weighted by molar-refractivity contribution is -0.140. The first-order valence-electron chi connectivity index (χ1n) is 11.3. The SMILES string of the molecule is CCCOc1cc(OC)c(C(=O)OCc2ccccc2)c2c1[C@]1(C)C(=O)C(C(C)=O)C(=O)C=C1O2. The van der Waals surface area contributed by atoms with Gasteiger partial charge in [-0.1, -0.05) is 37.3 Å². The molecule has 8 heteroatoms. The number of hydrogen-bond acceptors (Lipinski definition) is 8. The molecular formula is C27H26O8. The fraction of sp³-hybridized carbons (Fsp3) is 0.333. The van der Waals surface area contributed by atoms with Crippen LogP contribution in [0.3, 0.4) is 0 Å². The molecule has 0 fully saturated rings. The zero-order valence-electron chi connectivity index (χ0n) is 20.0. The van der Waals surface area contributed by atoms with E-state index in [0.29, 0.717) is 13.0 Å². The van der Waals surface area contributed by atoms with Crippen molar-refractivity contribution in [3.8, 4) is 17.2 Å². The summed E-state index contributed by atoms with van der Waals surface area (Å²) in [6, 6.07) is 10.7. The van der Waals surface area contributed by atoms with Gasteiger partial charge in [0.25, 0.3) is 0 Å². The minimum absolute atomic E-state index is 0.00940. The van der Waals surface area contributed by atoms with Crippen molar-refractivity contribution < 1.29 is 38.1 Å². The topological polar surface area (TPSA) is 105 Å². The summed E-state index contributed by atoms with van der Waals surface area (Å²) in [5.74, 6) is -3.55. The number of carbonyl (C=O) groups excluding carboxylic acids is 4. The Bertz CT molecular complexity index is 1240. The first-order chi connectivity index (χ1) is 16.7. The summed E-state index contributed by atoms with van der Waals surface area (Å²) in [4.78, 5) is 51.6. The van der Waals surface area contributed by atoms with Crippen molar-refractivity contribution in [3.63, 3.8) is 0 Å². The molecule has 0 saturated carbocycles. The van der Waals surface area contributed by atoms with Crippen LogP contribution >= 0.6 is 0 Å². The van der Waals surface area contributed by atoms with Crippen molar-refractivity contribution >= 4 is 23.3 Å². The molecule has 2 atom stereocenters. The van der Waals surface area contributed by atoms with Gasteiger partial charge in [-0.15, -0.1) is 0 Å². The van der Waals surface area contributed by atoms with Gasteiger partial charge in [-0.25, -0.2) is 4.79 Å². The number of hydrogen-bond donors (Lipinski definition) is 0. The maximum absolute atomic E-state index is 13.6. The number of benzene rings is 2. The molecule has 0 spiro atoms. The predicted molar refractivity (Wildman–Crippen MR) is 125 cm³/mol. The van der Waals surface area contributed by atoms with Gasteiger partial charge >= 0.3 is 5.97 Å². The van der Waals surface area contributed by atoms with Crippen LogP contribution in [-0.4, -0.2) is 37.0 Å². The van der Waals surface area contributed by atoms with E-state index in [9.17, 15) is 19.2 Å². The lowest BCUT2D eigenvalue weighted by Gasteiger charge is -2.30. The molecule has 8 nitrogen and oxygen atoms in total. The van der Waals surface area contributed by atoms with Crippen LogP contribution in [-0.2, 0) is 31.1 Å². The van der Waals surface area contributed by atoms with Crippen LogP contribution in [0, 0.1) is 5.92 Å². The fourth-order valence-electron chi connectivity index (χ4n) is 4.43. The maximum atomic E-state index is 13.6. The smallest absolute Gasteiger partial charge is 0.346 e. The molecular weight excluding hydrogens is 452 g/mol. The third-order valence-electron chi connectivity index (χ3n) is 6.23. The first kappa shape index (κ1) is 24.2. The van der Waals surface area contributed by atoms with Gasteiger partial charge in [0, 0.05) is 12.1 Å². The molecule has 0 bridgehead atoms. The Kier molecular flexibility index (Phi) is 6.47. The lowest BCUT2D eigenvalue weighted by atomic mass is 9.67. The number of allylic oxidation sites excluding steroid dienone is 2. The number of methoxy groups -OCH3 is 1. The Labute approximate surface area is 202 Å². The van der Waals surface area contributed by atoms with Gasteiger partial charge < -0.3 is 18.9 Å². The molecule has 0 radical (unpaired) electrons. The summed E-state index contributed by atoms with van der Waals surface area (Å²) >= 11 is 0. The molecule has 0 N–H and O–H groups in total. The molecule has 2 aromatic rings. The van der Waals surface area contributed by atoms with E-state index in [4.69, 9.17) is 18.9 Å². The van der Waals surface area contributed by atoms with Crippen molar-refractivity contribution in [2.24, 2.45) is 5.92 Å². The monoisotopic (exact) mass is 478 g/mol. The molecule has 1 aliphatic carbocycles. The van der Waals surface area contributed by atoms with Crippen LogP contribution in [0.15, 0.2) is 48.2 Å². The van der Waals surface area contributed by atoms with Crippen LogP contribution in [0.1, 0.15) is 48.7 Å². The van der Waals surface area contributed by atoms with Crippen molar-refractivity contribution in [3.05, 3.63) is 64.9 Å². The van der Waals surface area contributed by atoms with Gasteiger partial charge in [0.2, 0.25) is 0 Å². The van der Waals surface area contributed by atoms with Crippen LogP contribution in [0.25, 0.3) is 0 Å². The molecule has 35 heavy (non-hydrogen) atoms. The number of carbonyl (C=O) groups is 4. The van der Waals surface area contributed by atoms with Crippen molar-refractivity contribution in [2.45, 2.75) is 39.2 Å². The van der Waals surface area contributed by atoms with Gasteiger partial charge in [-0.05, 0) is 25.8 Å². The van der Waals surface area contributed by atoms with Crippen molar-refractivity contribution in [2.75, 3.05) is 13.7 Å².